The molecule has 142 valence electrons. The first-order valence-electron chi connectivity index (χ1n) is 9.70. The summed E-state index contributed by atoms with van der Waals surface area (Å²) < 4.78 is 2.44. The molecule has 3 nitrogen and oxygen atoms in total. The highest BCUT2D eigenvalue weighted by atomic mass is 79.9. The van der Waals surface area contributed by atoms with E-state index in [4.69, 9.17) is 0 Å². The maximum atomic E-state index is 3.87. The first-order valence-corrected chi connectivity index (χ1v) is 11.3. The van der Waals surface area contributed by atoms with Gasteiger partial charge in [0.25, 0.3) is 0 Å². The third kappa shape index (κ3) is 3.96. The molecule has 0 amide bonds. The van der Waals surface area contributed by atoms with Crippen LogP contribution in [-0.2, 0) is 6.42 Å². The van der Waals surface area contributed by atoms with Gasteiger partial charge < -0.3 is 10.6 Å². The van der Waals surface area contributed by atoms with Gasteiger partial charge in [0.1, 0.15) is 0 Å². The van der Waals surface area contributed by atoms with Crippen LogP contribution in [0, 0.1) is 6.92 Å². The SMILES string of the molecule is CC.Cc1ccc2c(c1Br)CCC1=CC(Br)=CNC1C2N1CCNCC1. The molecular weight excluding hydrogens is 454 g/mol. The number of nitrogens with zero attached hydrogens (tertiary/aromatic N) is 1. The van der Waals surface area contributed by atoms with E-state index in [0.717, 1.165) is 43.5 Å². The van der Waals surface area contributed by atoms with Crippen molar-refractivity contribution in [2.45, 2.75) is 45.7 Å². The molecule has 1 aromatic rings. The lowest BCUT2D eigenvalue weighted by molar-refractivity contribution is 0.152. The average molecular weight is 483 g/mol. The Labute approximate surface area is 174 Å². The number of aryl methyl sites for hydroxylation is 1. The number of dihydropyridines is 1. The Balaban J connectivity index is 0.000000948. The molecule has 2 aliphatic heterocycles. The van der Waals surface area contributed by atoms with Crippen LogP contribution >= 0.6 is 31.9 Å². The van der Waals surface area contributed by atoms with Crippen LogP contribution in [0.4, 0.5) is 0 Å². The van der Waals surface area contributed by atoms with Gasteiger partial charge in [-0.05, 0) is 64.0 Å². The van der Waals surface area contributed by atoms with Gasteiger partial charge in [0, 0.05) is 41.3 Å². The third-order valence-corrected chi connectivity index (χ3v) is 7.00. The Bertz CT molecular complexity index is 705. The zero-order valence-corrected chi connectivity index (χ0v) is 19.1. The number of rotatable bonds is 1. The van der Waals surface area contributed by atoms with Crippen LogP contribution in [0.2, 0.25) is 0 Å². The number of nitrogens with one attached hydrogen (secondary N) is 2. The van der Waals surface area contributed by atoms with Crippen molar-refractivity contribution in [2.24, 2.45) is 0 Å². The zero-order valence-electron chi connectivity index (χ0n) is 15.9. The van der Waals surface area contributed by atoms with Gasteiger partial charge in [-0.2, -0.15) is 0 Å². The van der Waals surface area contributed by atoms with Gasteiger partial charge in [-0.25, -0.2) is 0 Å². The Morgan fingerprint density at radius 2 is 1.81 bits per heavy atom. The molecule has 0 aromatic heterocycles. The van der Waals surface area contributed by atoms with Gasteiger partial charge in [-0.1, -0.05) is 41.9 Å². The first kappa shape index (κ1) is 20.1. The van der Waals surface area contributed by atoms with Crippen molar-refractivity contribution in [2.75, 3.05) is 26.2 Å². The van der Waals surface area contributed by atoms with Gasteiger partial charge >= 0.3 is 0 Å². The normalized spacial score (nSPS) is 25.4. The summed E-state index contributed by atoms with van der Waals surface area (Å²) in [5.74, 6) is 0. The number of fused-ring (bicyclic) bond motifs is 2. The molecule has 0 radical (unpaired) electrons. The van der Waals surface area contributed by atoms with Crippen molar-refractivity contribution in [3.8, 4) is 0 Å². The summed E-state index contributed by atoms with van der Waals surface area (Å²) >= 11 is 7.51. The Morgan fingerprint density at radius 1 is 1.08 bits per heavy atom. The summed E-state index contributed by atoms with van der Waals surface area (Å²) in [6, 6.07) is 5.38. The number of hydrogen-bond donors (Lipinski definition) is 2. The van der Waals surface area contributed by atoms with E-state index in [-0.39, 0.29) is 0 Å². The second-order valence-electron chi connectivity index (χ2n) is 6.89. The van der Waals surface area contributed by atoms with Crippen molar-refractivity contribution in [3.05, 3.63) is 55.6 Å². The smallest absolute Gasteiger partial charge is 0.0669 e. The number of allylic oxidation sites excluding steroid dienone is 2. The van der Waals surface area contributed by atoms with Crippen LogP contribution in [0.15, 0.2) is 38.9 Å². The molecule has 0 spiro atoms. The maximum absolute atomic E-state index is 3.87. The summed E-state index contributed by atoms with van der Waals surface area (Å²) in [7, 11) is 0. The fourth-order valence-corrected chi connectivity index (χ4v) is 5.19. The van der Waals surface area contributed by atoms with Crippen LogP contribution < -0.4 is 10.6 Å². The lowest BCUT2D eigenvalue weighted by atomic mass is 9.90. The van der Waals surface area contributed by atoms with Crippen molar-refractivity contribution < 1.29 is 0 Å². The molecule has 4 rings (SSSR count). The first-order chi connectivity index (χ1) is 12.6. The van der Waals surface area contributed by atoms with Crippen LogP contribution in [0.25, 0.3) is 0 Å². The monoisotopic (exact) mass is 481 g/mol. The quantitative estimate of drug-likeness (QED) is 0.601. The van der Waals surface area contributed by atoms with Crippen LogP contribution in [0.1, 0.15) is 43.0 Å². The molecule has 2 atom stereocenters. The molecule has 1 aliphatic carbocycles. The van der Waals surface area contributed by atoms with Crippen LogP contribution in [0.3, 0.4) is 0 Å². The Kier molecular flexibility index (Phi) is 7.00. The Morgan fingerprint density at radius 3 is 2.54 bits per heavy atom. The minimum Gasteiger partial charge on any atom is -0.382 e. The minimum atomic E-state index is 0.361. The number of piperazine rings is 1. The fraction of sp³-hybridized carbons (Fsp3) is 0.524. The number of benzene rings is 1. The van der Waals surface area contributed by atoms with Crippen molar-refractivity contribution in [1.82, 2.24) is 15.5 Å². The highest BCUT2D eigenvalue weighted by Crippen LogP contribution is 2.41. The van der Waals surface area contributed by atoms with E-state index in [9.17, 15) is 0 Å². The largest absolute Gasteiger partial charge is 0.382 e. The predicted octanol–water partition coefficient (Wildman–Crippen LogP) is 4.81. The van der Waals surface area contributed by atoms with E-state index in [1.807, 2.05) is 13.8 Å². The molecule has 26 heavy (non-hydrogen) atoms. The lowest BCUT2D eigenvalue weighted by Crippen LogP contribution is -2.51. The van der Waals surface area contributed by atoms with E-state index in [1.165, 1.54) is 26.7 Å². The second kappa shape index (κ2) is 9.05. The van der Waals surface area contributed by atoms with E-state index in [2.05, 4.69) is 78.7 Å². The number of hydrogen-bond acceptors (Lipinski definition) is 3. The summed E-state index contributed by atoms with van der Waals surface area (Å²) in [4.78, 5) is 2.65. The standard InChI is InChI=1S/C19H23Br2N3.C2H6/c1-12-2-4-16-15(17(12)21)5-3-13-10-14(20)11-23-18(13)19(16)24-8-6-22-7-9-24;1-2/h2,4,10-11,18-19,22-23H,3,5-9H2,1H3;1-2H3. The van der Waals surface area contributed by atoms with Crippen molar-refractivity contribution >= 4 is 31.9 Å². The molecule has 2 N–H and O–H groups in total. The van der Waals surface area contributed by atoms with Crippen molar-refractivity contribution in [1.29, 1.82) is 0 Å². The lowest BCUT2D eigenvalue weighted by Gasteiger charge is -2.41. The van der Waals surface area contributed by atoms with Crippen LogP contribution in [-0.4, -0.2) is 37.1 Å². The highest BCUT2D eigenvalue weighted by Gasteiger charge is 2.36. The van der Waals surface area contributed by atoms with Crippen LogP contribution in [0.5, 0.6) is 0 Å². The van der Waals surface area contributed by atoms with Gasteiger partial charge in [0.2, 0.25) is 0 Å². The summed E-state index contributed by atoms with van der Waals surface area (Å²) in [5.41, 5.74) is 5.82. The molecule has 1 saturated heterocycles. The minimum absolute atomic E-state index is 0.361. The Hall–Kier alpha value is -0.620. The topological polar surface area (TPSA) is 27.3 Å². The highest BCUT2D eigenvalue weighted by molar-refractivity contribution is 9.12. The van der Waals surface area contributed by atoms with E-state index >= 15 is 0 Å². The van der Waals surface area contributed by atoms with E-state index < -0.39 is 0 Å². The molecule has 3 aliphatic rings. The predicted molar refractivity (Wildman–Crippen MR) is 118 cm³/mol. The van der Waals surface area contributed by atoms with Gasteiger partial charge in [-0.15, -0.1) is 0 Å². The maximum Gasteiger partial charge on any atom is 0.0669 e. The summed E-state index contributed by atoms with van der Waals surface area (Å²) in [6.45, 7) is 10.5. The molecule has 2 heterocycles. The van der Waals surface area contributed by atoms with Gasteiger partial charge in [-0.3, -0.25) is 4.90 Å². The van der Waals surface area contributed by atoms with E-state index in [1.54, 1.807) is 0 Å². The molecule has 5 heteroatoms. The van der Waals surface area contributed by atoms with Gasteiger partial charge in [0.15, 0.2) is 0 Å². The van der Waals surface area contributed by atoms with E-state index in [0.29, 0.717) is 12.1 Å². The van der Waals surface area contributed by atoms with Crippen molar-refractivity contribution in [3.63, 3.8) is 0 Å². The summed E-state index contributed by atoms with van der Waals surface area (Å²) in [5, 5.41) is 7.17. The fourth-order valence-electron chi connectivity index (χ4n) is 4.21. The average Bonchev–Trinajstić information content (AvgIpc) is 2.84. The molecule has 2 unspecified atom stereocenters. The third-order valence-electron chi connectivity index (χ3n) is 5.44. The molecule has 1 aromatic carbocycles. The molecule has 0 bridgehead atoms. The number of halogens is 2. The van der Waals surface area contributed by atoms with Gasteiger partial charge in [0.05, 0.1) is 12.1 Å². The molecule has 0 saturated carbocycles. The molecule has 1 fully saturated rings. The zero-order chi connectivity index (χ0) is 18.7. The summed E-state index contributed by atoms with van der Waals surface area (Å²) in [6.07, 6.45) is 6.64. The second-order valence-corrected chi connectivity index (χ2v) is 8.60. The molecular formula is C21H29Br2N3.